The third-order valence-corrected chi connectivity index (χ3v) is 8.36. The van der Waals surface area contributed by atoms with Crippen LogP contribution in [0.15, 0.2) is 35.5 Å². The first-order valence-corrected chi connectivity index (χ1v) is 12.1. The van der Waals surface area contributed by atoms with E-state index in [4.69, 9.17) is 0 Å². The van der Waals surface area contributed by atoms with Crippen LogP contribution >= 0.6 is 0 Å². The lowest BCUT2D eigenvalue weighted by Crippen LogP contribution is -2.36. The van der Waals surface area contributed by atoms with Crippen LogP contribution in [0.1, 0.15) is 98.3 Å². The molecular formula is C27H44O2. The predicted octanol–water partition coefficient (Wildman–Crippen LogP) is 6.73. The van der Waals surface area contributed by atoms with Crippen LogP contribution in [0.3, 0.4) is 0 Å². The van der Waals surface area contributed by atoms with Crippen LogP contribution in [-0.2, 0) is 0 Å². The van der Waals surface area contributed by atoms with Crippen LogP contribution in [0.25, 0.3) is 0 Å². The Kier molecular flexibility index (Phi) is 7.16. The molecule has 5 atom stereocenters. The first kappa shape index (κ1) is 22.8. The second kappa shape index (κ2) is 9.10. The molecule has 0 spiro atoms. The Balaban J connectivity index is 1.68. The van der Waals surface area contributed by atoms with Crippen molar-refractivity contribution in [1.29, 1.82) is 0 Å². The van der Waals surface area contributed by atoms with Gasteiger partial charge in [-0.25, -0.2) is 0 Å². The molecule has 0 saturated heterocycles. The average Bonchev–Trinajstić information content (AvgIpc) is 2.99. The summed E-state index contributed by atoms with van der Waals surface area (Å²) in [6.45, 7) is 13.1. The van der Waals surface area contributed by atoms with E-state index in [0.29, 0.717) is 5.41 Å². The first-order valence-electron chi connectivity index (χ1n) is 12.1. The second-order valence-corrected chi connectivity index (χ2v) is 11.2. The summed E-state index contributed by atoms with van der Waals surface area (Å²) in [6.07, 6.45) is 16.9. The van der Waals surface area contributed by atoms with E-state index in [0.717, 1.165) is 49.9 Å². The summed E-state index contributed by atoms with van der Waals surface area (Å²) in [7, 11) is 0. The SMILES string of the molecule is C=C1CC[C@H](O)C/C1=C/C=C1\CCC[C@]2(C)[C@@H]1CC[C@@H]2[C@H](C)CCCC(C)(C)O. The van der Waals surface area contributed by atoms with Crippen molar-refractivity contribution >= 4 is 0 Å². The van der Waals surface area contributed by atoms with Gasteiger partial charge in [0.2, 0.25) is 0 Å². The molecule has 2 nitrogen and oxygen atoms in total. The first-order chi connectivity index (χ1) is 13.6. The number of rotatable bonds is 6. The minimum absolute atomic E-state index is 0.192. The Morgan fingerprint density at radius 3 is 2.69 bits per heavy atom. The molecule has 3 rings (SSSR count). The molecule has 0 aromatic heterocycles. The van der Waals surface area contributed by atoms with E-state index in [1.807, 2.05) is 13.8 Å². The zero-order valence-electron chi connectivity index (χ0n) is 19.3. The normalized spacial score (nSPS) is 37.2. The average molecular weight is 401 g/mol. The molecule has 0 aromatic carbocycles. The highest BCUT2D eigenvalue weighted by molar-refractivity contribution is 5.36. The molecule has 2 heteroatoms. The van der Waals surface area contributed by atoms with Gasteiger partial charge in [0, 0.05) is 0 Å². The summed E-state index contributed by atoms with van der Waals surface area (Å²) < 4.78 is 0. The van der Waals surface area contributed by atoms with Gasteiger partial charge in [0.15, 0.2) is 0 Å². The largest absolute Gasteiger partial charge is 0.393 e. The smallest absolute Gasteiger partial charge is 0.0591 e. The quantitative estimate of drug-likeness (QED) is 0.518. The maximum Gasteiger partial charge on any atom is 0.0591 e. The summed E-state index contributed by atoms with van der Waals surface area (Å²) in [5.74, 6) is 2.26. The molecule has 0 aliphatic heterocycles. The fourth-order valence-electron chi connectivity index (χ4n) is 6.67. The summed E-state index contributed by atoms with van der Waals surface area (Å²) in [6, 6.07) is 0. The van der Waals surface area contributed by atoms with Gasteiger partial charge in [0.25, 0.3) is 0 Å². The van der Waals surface area contributed by atoms with Gasteiger partial charge in [0.05, 0.1) is 11.7 Å². The maximum absolute atomic E-state index is 10.0. The molecule has 0 aromatic rings. The van der Waals surface area contributed by atoms with E-state index in [1.54, 1.807) is 5.57 Å². The molecule has 3 aliphatic rings. The number of hydrogen-bond donors (Lipinski definition) is 2. The van der Waals surface area contributed by atoms with E-state index < -0.39 is 5.60 Å². The molecule has 0 radical (unpaired) electrons. The Bertz CT molecular complexity index is 650. The molecule has 0 bridgehead atoms. The molecule has 0 amide bonds. The van der Waals surface area contributed by atoms with E-state index in [1.165, 1.54) is 49.7 Å². The topological polar surface area (TPSA) is 40.5 Å². The highest BCUT2D eigenvalue weighted by atomic mass is 16.3. The van der Waals surface area contributed by atoms with Crippen molar-refractivity contribution in [1.82, 2.24) is 0 Å². The van der Waals surface area contributed by atoms with E-state index >= 15 is 0 Å². The molecule has 29 heavy (non-hydrogen) atoms. The van der Waals surface area contributed by atoms with Gasteiger partial charge < -0.3 is 10.2 Å². The Morgan fingerprint density at radius 1 is 1.21 bits per heavy atom. The Labute approximate surface area is 179 Å². The summed E-state index contributed by atoms with van der Waals surface area (Å²) in [5.41, 5.74) is 4.02. The number of aliphatic hydroxyl groups is 2. The van der Waals surface area contributed by atoms with Crippen LogP contribution in [0.5, 0.6) is 0 Å². The minimum atomic E-state index is -0.535. The van der Waals surface area contributed by atoms with Gasteiger partial charge in [-0.3, -0.25) is 0 Å². The zero-order chi connectivity index (χ0) is 21.2. The molecule has 3 saturated carbocycles. The van der Waals surface area contributed by atoms with E-state index in [-0.39, 0.29) is 6.10 Å². The highest BCUT2D eigenvalue weighted by Crippen LogP contribution is 2.60. The van der Waals surface area contributed by atoms with E-state index in [2.05, 4.69) is 32.6 Å². The fourth-order valence-corrected chi connectivity index (χ4v) is 6.67. The Hall–Kier alpha value is -0.860. The molecule has 3 aliphatic carbocycles. The third-order valence-electron chi connectivity index (χ3n) is 8.36. The fraction of sp³-hybridized carbons (Fsp3) is 0.778. The van der Waals surface area contributed by atoms with Crippen LogP contribution < -0.4 is 0 Å². The highest BCUT2D eigenvalue weighted by Gasteiger charge is 2.50. The van der Waals surface area contributed by atoms with Crippen LogP contribution in [0.2, 0.25) is 0 Å². The van der Waals surface area contributed by atoms with Gasteiger partial charge in [-0.15, -0.1) is 0 Å². The van der Waals surface area contributed by atoms with Gasteiger partial charge in [-0.2, -0.15) is 0 Å². The predicted molar refractivity (Wildman–Crippen MR) is 123 cm³/mol. The summed E-state index contributed by atoms with van der Waals surface area (Å²) >= 11 is 0. The monoisotopic (exact) mass is 400 g/mol. The van der Waals surface area contributed by atoms with Crippen LogP contribution in [0.4, 0.5) is 0 Å². The second-order valence-electron chi connectivity index (χ2n) is 11.2. The maximum atomic E-state index is 10.0. The molecule has 0 unspecified atom stereocenters. The van der Waals surface area contributed by atoms with Gasteiger partial charge in [-0.05, 0) is 100 Å². The summed E-state index contributed by atoms with van der Waals surface area (Å²) in [5, 5.41) is 20.1. The molecule has 3 fully saturated rings. The van der Waals surface area contributed by atoms with Crippen molar-refractivity contribution in [2.24, 2.45) is 23.2 Å². The van der Waals surface area contributed by atoms with Crippen LogP contribution in [0, 0.1) is 23.2 Å². The number of hydrogen-bond acceptors (Lipinski definition) is 2. The standard InChI is InChI=1S/C27H44O2/c1-19-10-13-23(28)18-22(19)12-11-21-9-7-17-27(5)24(14-15-25(21)27)20(2)8-6-16-26(3,4)29/h11-12,20,23-25,28-29H,1,6-10,13-18H2,2-5H3/b21-11+,22-12-/t20-,23+,24-,25-,27+/m1/s1. The van der Waals surface area contributed by atoms with E-state index in [9.17, 15) is 10.2 Å². The lowest BCUT2D eigenvalue weighted by Gasteiger charge is -2.44. The minimum Gasteiger partial charge on any atom is -0.393 e. The van der Waals surface area contributed by atoms with Gasteiger partial charge in [-0.1, -0.05) is 56.6 Å². The van der Waals surface area contributed by atoms with Gasteiger partial charge >= 0.3 is 0 Å². The van der Waals surface area contributed by atoms with Crippen molar-refractivity contribution in [3.05, 3.63) is 35.5 Å². The molecule has 2 N–H and O–H groups in total. The summed E-state index contributed by atoms with van der Waals surface area (Å²) in [4.78, 5) is 0. The van der Waals surface area contributed by atoms with Crippen molar-refractivity contribution in [2.45, 2.75) is 110 Å². The van der Waals surface area contributed by atoms with Crippen molar-refractivity contribution in [3.63, 3.8) is 0 Å². The number of fused-ring (bicyclic) bond motifs is 1. The van der Waals surface area contributed by atoms with Crippen molar-refractivity contribution in [3.8, 4) is 0 Å². The lowest BCUT2D eigenvalue weighted by atomic mass is 9.60. The zero-order valence-corrected chi connectivity index (χ0v) is 19.3. The number of aliphatic hydroxyl groups excluding tert-OH is 1. The van der Waals surface area contributed by atoms with Crippen molar-refractivity contribution in [2.75, 3.05) is 0 Å². The Morgan fingerprint density at radius 2 is 1.97 bits per heavy atom. The number of allylic oxidation sites excluding steroid dienone is 4. The van der Waals surface area contributed by atoms with Crippen molar-refractivity contribution < 1.29 is 10.2 Å². The lowest BCUT2D eigenvalue weighted by molar-refractivity contribution is 0.0596. The van der Waals surface area contributed by atoms with Crippen LogP contribution in [-0.4, -0.2) is 21.9 Å². The molecule has 0 heterocycles. The molecule has 164 valence electrons. The van der Waals surface area contributed by atoms with Gasteiger partial charge in [0.1, 0.15) is 0 Å². The molecular weight excluding hydrogens is 356 g/mol. The third kappa shape index (κ3) is 5.44.